The van der Waals surface area contributed by atoms with Gasteiger partial charge in [-0.2, -0.15) is 0 Å². The summed E-state index contributed by atoms with van der Waals surface area (Å²) in [5.74, 6) is -0.880. The van der Waals surface area contributed by atoms with E-state index in [2.05, 4.69) is 10.2 Å². The van der Waals surface area contributed by atoms with E-state index in [4.69, 9.17) is 9.84 Å². The molecule has 2 N–H and O–H groups in total. The molecule has 1 heterocycles. The first kappa shape index (κ1) is 15.9. The highest BCUT2D eigenvalue weighted by atomic mass is 16.5. The molecular weight excluding hydrogens is 248 g/mol. The summed E-state index contributed by atoms with van der Waals surface area (Å²) >= 11 is 0. The van der Waals surface area contributed by atoms with Crippen molar-refractivity contribution >= 4 is 11.9 Å². The molecule has 0 bridgehead atoms. The van der Waals surface area contributed by atoms with E-state index in [1.165, 1.54) is 0 Å². The molecular formula is C13H24N2O4. The molecule has 0 radical (unpaired) electrons. The fourth-order valence-corrected chi connectivity index (χ4v) is 2.05. The molecule has 0 spiro atoms. The number of ether oxygens (including phenoxy) is 1. The highest BCUT2D eigenvalue weighted by molar-refractivity contribution is 5.78. The van der Waals surface area contributed by atoms with Crippen molar-refractivity contribution in [2.45, 2.75) is 45.3 Å². The van der Waals surface area contributed by atoms with Crippen molar-refractivity contribution in [1.82, 2.24) is 10.2 Å². The van der Waals surface area contributed by atoms with Gasteiger partial charge in [-0.25, -0.2) is 4.79 Å². The number of carboxylic acids is 1. The molecule has 1 aliphatic heterocycles. The molecule has 6 heteroatoms. The van der Waals surface area contributed by atoms with Gasteiger partial charge in [-0.3, -0.25) is 9.69 Å². The van der Waals surface area contributed by atoms with E-state index in [-0.39, 0.29) is 24.7 Å². The van der Waals surface area contributed by atoms with Crippen LogP contribution in [0.15, 0.2) is 0 Å². The normalized spacial score (nSPS) is 19.1. The van der Waals surface area contributed by atoms with Crippen molar-refractivity contribution in [2.75, 3.05) is 26.2 Å². The van der Waals surface area contributed by atoms with Gasteiger partial charge in [0, 0.05) is 19.1 Å². The number of hydrogen-bond donors (Lipinski definition) is 2. The van der Waals surface area contributed by atoms with E-state index in [0.29, 0.717) is 6.54 Å². The monoisotopic (exact) mass is 272 g/mol. The summed E-state index contributed by atoms with van der Waals surface area (Å²) in [6.45, 7) is 5.76. The third kappa shape index (κ3) is 6.54. The Morgan fingerprint density at radius 3 is 2.58 bits per heavy atom. The third-order valence-corrected chi connectivity index (χ3v) is 3.36. The van der Waals surface area contributed by atoms with Crippen LogP contribution in [-0.2, 0) is 14.3 Å². The van der Waals surface area contributed by atoms with Gasteiger partial charge in [0.1, 0.15) is 6.61 Å². The van der Waals surface area contributed by atoms with Crippen molar-refractivity contribution in [3.05, 3.63) is 0 Å². The van der Waals surface area contributed by atoms with Gasteiger partial charge < -0.3 is 15.2 Å². The SMILES string of the molecule is CCC(C)NC(=O)CN1CCC(OCC(=O)O)CC1. The predicted octanol–water partition coefficient (Wildman–Crippen LogP) is 0.467. The fourth-order valence-electron chi connectivity index (χ4n) is 2.05. The van der Waals surface area contributed by atoms with Gasteiger partial charge in [-0.1, -0.05) is 6.92 Å². The van der Waals surface area contributed by atoms with Crippen LogP contribution in [0.1, 0.15) is 33.1 Å². The zero-order valence-corrected chi connectivity index (χ0v) is 11.7. The second-order valence-electron chi connectivity index (χ2n) is 5.06. The van der Waals surface area contributed by atoms with Gasteiger partial charge in [0.15, 0.2) is 0 Å². The average molecular weight is 272 g/mol. The Morgan fingerprint density at radius 2 is 2.05 bits per heavy atom. The molecule has 1 aliphatic rings. The van der Waals surface area contributed by atoms with E-state index in [9.17, 15) is 9.59 Å². The van der Waals surface area contributed by atoms with Crippen LogP contribution >= 0.6 is 0 Å². The summed E-state index contributed by atoms with van der Waals surface area (Å²) in [6.07, 6.45) is 2.50. The molecule has 1 amide bonds. The van der Waals surface area contributed by atoms with Crippen molar-refractivity contribution in [2.24, 2.45) is 0 Å². The van der Waals surface area contributed by atoms with Gasteiger partial charge >= 0.3 is 5.97 Å². The molecule has 1 rings (SSSR count). The number of likely N-dealkylation sites (tertiary alicyclic amines) is 1. The standard InChI is InChI=1S/C13H24N2O4/c1-3-10(2)14-12(16)8-15-6-4-11(5-7-15)19-9-13(17)18/h10-11H,3-9H2,1-2H3,(H,14,16)(H,17,18). The lowest BCUT2D eigenvalue weighted by molar-refractivity contribution is -0.145. The fraction of sp³-hybridized carbons (Fsp3) is 0.846. The summed E-state index contributed by atoms with van der Waals surface area (Å²) in [5, 5.41) is 11.5. The number of hydrogen-bond acceptors (Lipinski definition) is 4. The Hall–Kier alpha value is -1.14. The molecule has 110 valence electrons. The van der Waals surface area contributed by atoms with Gasteiger partial charge in [0.25, 0.3) is 0 Å². The largest absolute Gasteiger partial charge is 0.480 e. The number of nitrogens with one attached hydrogen (secondary N) is 1. The highest BCUT2D eigenvalue weighted by Crippen LogP contribution is 2.13. The predicted molar refractivity (Wildman–Crippen MR) is 70.9 cm³/mol. The van der Waals surface area contributed by atoms with Gasteiger partial charge in [0.05, 0.1) is 12.6 Å². The van der Waals surface area contributed by atoms with Crippen LogP contribution < -0.4 is 5.32 Å². The molecule has 0 aromatic heterocycles. The van der Waals surface area contributed by atoms with Gasteiger partial charge in [-0.15, -0.1) is 0 Å². The molecule has 0 aromatic carbocycles. The molecule has 1 saturated heterocycles. The van der Waals surface area contributed by atoms with Crippen LogP contribution in [0.3, 0.4) is 0 Å². The lowest BCUT2D eigenvalue weighted by atomic mass is 10.1. The van der Waals surface area contributed by atoms with Crippen LogP contribution in [0.4, 0.5) is 0 Å². The number of carbonyl (C=O) groups is 2. The Labute approximate surface area is 114 Å². The summed E-state index contributed by atoms with van der Waals surface area (Å²) in [4.78, 5) is 24.2. The smallest absolute Gasteiger partial charge is 0.329 e. The van der Waals surface area contributed by atoms with E-state index in [1.54, 1.807) is 0 Å². The average Bonchev–Trinajstić information content (AvgIpc) is 2.37. The second-order valence-corrected chi connectivity index (χ2v) is 5.06. The molecule has 1 atom stereocenters. The summed E-state index contributed by atoms with van der Waals surface area (Å²) < 4.78 is 5.25. The van der Waals surface area contributed by atoms with Gasteiger partial charge in [-0.05, 0) is 26.2 Å². The van der Waals surface area contributed by atoms with Crippen LogP contribution in [-0.4, -0.2) is 60.3 Å². The zero-order chi connectivity index (χ0) is 14.3. The van der Waals surface area contributed by atoms with Crippen LogP contribution in [0, 0.1) is 0 Å². The van der Waals surface area contributed by atoms with Crippen LogP contribution in [0.5, 0.6) is 0 Å². The number of amides is 1. The first-order chi connectivity index (χ1) is 9.01. The maximum atomic E-state index is 11.7. The molecule has 6 nitrogen and oxygen atoms in total. The summed E-state index contributed by atoms with van der Waals surface area (Å²) in [5.41, 5.74) is 0. The molecule has 0 saturated carbocycles. The minimum Gasteiger partial charge on any atom is -0.480 e. The van der Waals surface area contributed by atoms with E-state index in [0.717, 1.165) is 32.4 Å². The number of carboxylic acid groups (broad SMARTS) is 1. The minimum absolute atomic E-state index is 0.00461. The molecule has 0 aliphatic carbocycles. The van der Waals surface area contributed by atoms with E-state index in [1.807, 2.05) is 13.8 Å². The zero-order valence-electron chi connectivity index (χ0n) is 11.7. The summed E-state index contributed by atoms with van der Waals surface area (Å²) in [7, 11) is 0. The Kier molecular flexibility index (Phi) is 6.80. The van der Waals surface area contributed by atoms with Gasteiger partial charge in [0.2, 0.25) is 5.91 Å². The van der Waals surface area contributed by atoms with Crippen molar-refractivity contribution in [3.63, 3.8) is 0 Å². The number of carbonyl (C=O) groups excluding carboxylic acids is 1. The highest BCUT2D eigenvalue weighted by Gasteiger charge is 2.22. The lowest BCUT2D eigenvalue weighted by Gasteiger charge is -2.31. The topological polar surface area (TPSA) is 78.9 Å². The lowest BCUT2D eigenvalue weighted by Crippen LogP contribution is -2.45. The van der Waals surface area contributed by atoms with Crippen molar-refractivity contribution in [3.8, 4) is 0 Å². The second kappa shape index (κ2) is 8.12. The van der Waals surface area contributed by atoms with E-state index < -0.39 is 5.97 Å². The maximum absolute atomic E-state index is 11.7. The summed E-state index contributed by atoms with van der Waals surface area (Å²) in [6, 6.07) is 0.212. The van der Waals surface area contributed by atoms with Crippen molar-refractivity contribution < 1.29 is 19.4 Å². The van der Waals surface area contributed by atoms with Crippen molar-refractivity contribution in [1.29, 1.82) is 0 Å². The first-order valence-electron chi connectivity index (χ1n) is 6.86. The maximum Gasteiger partial charge on any atom is 0.329 e. The Balaban J connectivity index is 2.19. The molecule has 19 heavy (non-hydrogen) atoms. The molecule has 1 fully saturated rings. The Bertz CT molecular complexity index is 301. The number of nitrogens with zero attached hydrogens (tertiary/aromatic N) is 1. The van der Waals surface area contributed by atoms with Crippen LogP contribution in [0.2, 0.25) is 0 Å². The van der Waals surface area contributed by atoms with Crippen LogP contribution in [0.25, 0.3) is 0 Å². The third-order valence-electron chi connectivity index (χ3n) is 3.36. The molecule has 0 aromatic rings. The first-order valence-corrected chi connectivity index (χ1v) is 6.86. The minimum atomic E-state index is -0.935. The van der Waals surface area contributed by atoms with E-state index >= 15 is 0 Å². The quantitative estimate of drug-likeness (QED) is 0.704. The number of rotatable bonds is 7. The molecule has 1 unspecified atom stereocenters. The Morgan fingerprint density at radius 1 is 1.42 bits per heavy atom. The number of aliphatic carboxylic acids is 1. The number of piperidine rings is 1.